The molecular weight excluding hydrogens is 250 g/mol. The van der Waals surface area contributed by atoms with Crippen molar-refractivity contribution in [2.24, 2.45) is 11.7 Å². The molecule has 1 aromatic rings. The van der Waals surface area contributed by atoms with Crippen LogP contribution in [-0.2, 0) is 0 Å². The number of aliphatic hydroxyl groups excluding tert-OH is 1. The summed E-state index contributed by atoms with van der Waals surface area (Å²) in [6.45, 7) is 7.26. The third kappa shape index (κ3) is 4.22. The largest absolute Gasteiger partial charge is 0.496 e. The first-order valence-electron chi connectivity index (χ1n) is 7.56. The minimum Gasteiger partial charge on any atom is -0.496 e. The standard InChI is InChI=1S/C17H29NO2/c1-5-14(8-13(10-18)11-19)15-6-7-17(20-4)16(9-15)12(2)3/h6-7,9,12-14,19H,5,8,10-11,18H2,1-4H3. The predicted molar refractivity (Wildman–Crippen MR) is 84.4 cm³/mol. The monoisotopic (exact) mass is 279 g/mol. The van der Waals surface area contributed by atoms with Gasteiger partial charge in [0.1, 0.15) is 5.75 Å². The first-order valence-corrected chi connectivity index (χ1v) is 7.56. The average Bonchev–Trinajstić information content (AvgIpc) is 2.48. The Hall–Kier alpha value is -1.06. The van der Waals surface area contributed by atoms with Gasteiger partial charge in [0.2, 0.25) is 0 Å². The van der Waals surface area contributed by atoms with Gasteiger partial charge in [0, 0.05) is 6.61 Å². The first kappa shape index (κ1) is 17.0. The second-order valence-electron chi connectivity index (χ2n) is 5.78. The number of methoxy groups -OCH3 is 1. The van der Waals surface area contributed by atoms with E-state index in [0.717, 1.165) is 18.6 Å². The van der Waals surface area contributed by atoms with Crippen LogP contribution in [-0.4, -0.2) is 25.4 Å². The fourth-order valence-electron chi connectivity index (χ4n) is 2.64. The van der Waals surface area contributed by atoms with E-state index in [2.05, 4.69) is 39.0 Å². The Morgan fingerprint density at radius 2 is 2.00 bits per heavy atom. The summed E-state index contributed by atoms with van der Waals surface area (Å²) in [5.41, 5.74) is 8.28. The number of aliphatic hydroxyl groups is 1. The van der Waals surface area contributed by atoms with E-state index >= 15 is 0 Å². The van der Waals surface area contributed by atoms with Crippen molar-refractivity contribution in [1.29, 1.82) is 0 Å². The molecule has 0 saturated heterocycles. The van der Waals surface area contributed by atoms with Crippen LogP contribution < -0.4 is 10.5 Å². The van der Waals surface area contributed by atoms with Gasteiger partial charge in [-0.3, -0.25) is 0 Å². The Morgan fingerprint density at radius 1 is 1.30 bits per heavy atom. The van der Waals surface area contributed by atoms with E-state index in [9.17, 15) is 5.11 Å². The molecule has 0 fully saturated rings. The number of benzene rings is 1. The van der Waals surface area contributed by atoms with Gasteiger partial charge < -0.3 is 15.6 Å². The average molecular weight is 279 g/mol. The molecule has 3 heteroatoms. The van der Waals surface area contributed by atoms with Crippen LogP contribution in [0.1, 0.15) is 56.6 Å². The van der Waals surface area contributed by atoms with Crippen molar-refractivity contribution < 1.29 is 9.84 Å². The fourth-order valence-corrected chi connectivity index (χ4v) is 2.64. The molecule has 0 bridgehead atoms. The quantitative estimate of drug-likeness (QED) is 0.768. The molecule has 0 aromatic heterocycles. The van der Waals surface area contributed by atoms with Gasteiger partial charge in [-0.1, -0.05) is 32.9 Å². The molecule has 2 unspecified atom stereocenters. The first-order chi connectivity index (χ1) is 9.57. The van der Waals surface area contributed by atoms with Gasteiger partial charge in [0.05, 0.1) is 7.11 Å². The molecule has 1 rings (SSSR count). The molecular formula is C17H29NO2. The van der Waals surface area contributed by atoms with Crippen LogP contribution >= 0.6 is 0 Å². The third-order valence-electron chi connectivity index (χ3n) is 4.05. The van der Waals surface area contributed by atoms with Crippen LogP contribution in [0.15, 0.2) is 18.2 Å². The van der Waals surface area contributed by atoms with Crippen molar-refractivity contribution >= 4 is 0 Å². The molecule has 0 aliphatic carbocycles. The second kappa shape index (κ2) is 8.28. The minimum absolute atomic E-state index is 0.167. The van der Waals surface area contributed by atoms with Crippen LogP contribution in [0.25, 0.3) is 0 Å². The Kier molecular flexibility index (Phi) is 7.03. The van der Waals surface area contributed by atoms with Crippen LogP contribution in [0, 0.1) is 5.92 Å². The van der Waals surface area contributed by atoms with Crippen molar-refractivity contribution in [1.82, 2.24) is 0 Å². The molecule has 3 N–H and O–H groups in total. The summed E-state index contributed by atoms with van der Waals surface area (Å²) in [6.07, 6.45) is 1.99. The summed E-state index contributed by atoms with van der Waals surface area (Å²) in [4.78, 5) is 0. The van der Waals surface area contributed by atoms with E-state index < -0.39 is 0 Å². The van der Waals surface area contributed by atoms with Gasteiger partial charge in [-0.05, 0) is 54.3 Å². The lowest BCUT2D eigenvalue weighted by Gasteiger charge is -2.22. The number of hydrogen-bond donors (Lipinski definition) is 2. The molecule has 1 aromatic carbocycles. The van der Waals surface area contributed by atoms with Crippen molar-refractivity contribution in [3.63, 3.8) is 0 Å². The zero-order valence-corrected chi connectivity index (χ0v) is 13.2. The van der Waals surface area contributed by atoms with Crippen LogP contribution in [0.2, 0.25) is 0 Å². The van der Waals surface area contributed by atoms with E-state index in [4.69, 9.17) is 10.5 Å². The predicted octanol–water partition coefficient (Wildman–Crippen LogP) is 3.27. The summed E-state index contributed by atoms with van der Waals surface area (Å²) in [5.74, 6) is 2.02. The minimum atomic E-state index is 0.167. The SMILES string of the molecule is CCC(CC(CN)CO)c1ccc(OC)c(C(C)C)c1. The highest BCUT2D eigenvalue weighted by Crippen LogP contribution is 2.33. The van der Waals surface area contributed by atoms with Crippen molar-refractivity contribution in [3.05, 3.63) is 29.3 Å². The highest BCUT2D eigenvalue weighted by atomic mass is 16.5. The molecule has 0 amide bonds. The number of hydrogen-bond acceptors (Lipinski definition) is 3. The summed E-state index contributed by atoms with van der Waals surface area (Å²) >= 11 is 0. The molecule has 0 aliphatic rings. The van der Waals surface area contributed by atoms with Crippen molar-refractivity contribution in [2.75, 3.05) is 20.3 Å². The highest BCUT2D eigenvalue weighted by Gasteiger charge is 2.17. The van der Waals surface area contributed by atoms with E-state index in [-0.39, 0.29) is 12.5 Å². The summed E-state index contributed by atoms with van der Waals surface area (Å²) in [5, 5.41) is 9.34. The topological polar surface area (TPSA) is 55.5 Å². The van der Waals surface area contributed by atoms with Crippen LogP contribution in [0.4, 0.5) is 0 Å². The van der Waals surface area contributed by atoms with E-state index in [1.54, 1.807) is 7.11 Å². The Morgan fingerprint density at radius 3 is 2.45 bits per heavy atom. The van der Waals surface area contributed by atoms with Gasteiger partial charge in [-0.25, -0.2) is 0 Å². The summed E-state index contributed by atoms with van der Waals surface area (Å²) < 4.78 is 5.44. The molecule has 114 valence electrons. The smallest absolute Gasteiger partial charge is 0.122 e. The zero-order chi connectivity index (χ0) is 15.1. The number of ether oxygens (including phenoxy) is 1. The molecule has 3 nitrogen and oxygen atoms in total. The van der Waals surface area contributed by atoms with Gasteiger partial charge >= 0.3 is 0 Å². The Balaban J connectivity index is 3.00. The number of nitrogens with two attached hydrogens (primary N) is 1. The summed E-state index contributed by atoms with van der Waals surface area (Å²) in [6, 6.07) is 6.45. The maximum Gasteiger partial charge on any atom is 0.122 e. The second-order valence-corrected chi connectivity index (χ2v) is 5.78. The maximum absolute atomic E-state index is 9.34. The lowest BCUT2D eigenvalue weighted by atomic mass is 9.85. The van der Waals surface area contributed by atoms with Gasteiger partial charge in [-0.15, -0.1) is 0 Å². The Labute approximate surface area is 123 Å². The molecule has 0 saturated carbocycles. The summed E-state index contributed by atoms with van der Waals surface area (Å²) in [7, 11) is 1.72. The van der Waals surface area contributed by atoms with Gasteiger partial charge in [0.15, 0.2) is 0 Å². The van der Waals surface area contributed by atoms with E-state index in [0.29, 0.717) is 18.4 Å². The molecule has 0 radical (unpaired) electrons. The molecule has 0 aliphatic heterocycles. The molecule has 0 heterocycles. The maximum atomic E-state index is 9.34. The molecule has 2 atom stereocenters. The Bertz CT molecular complexity index is 400. The van der Waals surface area contributed by atoms with Crippen LogP contribution in [0.3, 0.4) is 0 Å². The van der Waals surface area contributed by atoms with Crippen LogP contribution in [0.5, 0.6) is 5.75 Å². The fraction of sp³-hybridized carbons (Fsp3) is 0.647. The molecule has 20 heavy (non-hydrogen) atoms. The lowest BCUT2D eigenvalue weighted by Crippen LogP contribution is -2.20. The van der Waals surface area contributed by atoms with Gasteiger partial charge in [-0.2, -0.15) is 0 Å². The van der Waals surface area contributed by atoms with Crippen molar-refractivity contribution in [2.45, 2.75) is 45.4 Å². The zero-order valence-electron chi connectivity index (χ0n) is 13.2. The third-order valence-corrected chi connectivity index (χ3v) is 4.05. The normalized spacial score (nSPS) is 14.3. The lowest BCUT2D eigenvalue weighted by molar-refractivity contribution is 0.214. The molecule has 0 spiro atoms. The van der Waals surface area contributed by atoms with E-state index in [1.165, 1.54) is 11.1 Å². The number of rotatable bonds is 8. The van der Waals surface area contributed by atoms with E-state index in [1.807, 2.05) is 0 Å². The van der Waals surface area contributed by atoms with Crippen molar-refractivity contribution in [3.8, 4) is 5.75 Å². The van der Waals surface area contributed by atoms with Gasteiger partial charge in [0.25, 0.3) is 0 Å². The highest BCUT2D eigenvalue weighted by molar-refractivity contribution is 5.40.